The minimum Gasteiger partial charge on any atom is -0.496 e. The number of rotatable bonds is 4. The summed E-state index contributed by atoms with van der Waals surface area (Å²) in [5, 5.41) is 2.91. The van der Waals surface area contributed by atoms with Crippen molar-refractivity contribution in [1.82, 2.24) is 10.3 Å². The van der Waals surface area contributed by atoms with Crippen LogP contribution >= 0.6 is 0 Å². The minimum absolute atomic E-state index is 0.148. The zero-order valence-electron chi connectivity index (χ0n) is 11.0. The van der Waals surface area contributed by atoms with Crippen LogP contribution < -0.4 is 10.1 Å². The van der Waals surface area contributed by atoms with Gasteiger partial charge in [0.25, 0.3) is 5.91 Å². The SMILES string of the molecule is COc1ccccc1[C@H](C)NC(=O)c1ccccn1. The van der Waals surface area contributed by atoms with Gasteiger partial charge in [0.1, 0.15) is 11.4 Å². The fourth-order valence-corrected chi connectivity index (χ4v) is 1.87. The lowest BCUT2D eigenvalue weighted by molar-refractivity contribution is 0.0934. The molecular weight excluding hydrogens is 240 g/mol. The number of pyridine rings is 1. The fourth-order valence-electron chi connectivity index (χ4n) is 1.87. The summed E-state index contributed by atoms with van der Waals surface area (Å²) in [5.41, 5.74) is 1.35. The van der Waals surface area contributed by atoms with Crippen LogP contribution in [-0.4, -0.2) is 18.0 Å². The number of benzene rings is 1. The number of ether oxygens (including phenoxy) is 1. The van der Waals surface area contributed by atoms with Crippen molar-refractivity contribution in [2.24, 2.45) is 0 Å². The van der Waals surface area contributed by atoms with Gasteiger partial charge < -0.3 is 10.1 Å². The van der Waals surface area contributed by atoms with Gasteiger partial charge in [-0.3, -0.25) is 9.78 Å². The predicted octanol–water partition coefficient (Wildman–Crippen LogP) is 2.58. The Kier molecular flexibility index (Phi) is 4.13. The molecule has 19 heavy (non-hydrogen) atoms. The van der Waals surface area contributed by atoms with E-state index in [-0.39, 0.29) is 11.9 Å². The van der Waals surface area contributed by atoms with Gasteiger partial charge in [-0.1, -0.05) is 24.3 Å². The van der Waals surface area contributed by atoms with E-state index in [0.717, 1.165) is 11.3 Å². The zero-order chi connectivity index (χ0) is 13.7. The number of methoxy groups -OCH3 is 1. The molecule has 0 aliphatic rings. The normalized spacial score (nSPS) is 11.7. The van der Waals surface area contributed by atoms with Crippen molar-refractivity contribution >= 4 is 5.91 Å². The largest absolute Gasteiger partial charge is 0.496 e. The van der Waals surface area contributed by atoms with Crippen LogP contribution in [0.4, 0.5) is 0 Å². The molecule has 2 rings (SSSR count). The number of amides is 1. The van der Waals surface area contributed by atoms with E-state index < -0.39 is 0 Å². The molecule has 98 valence electrons. The maximum Gasteiger partial charge on any atom is 0.270 e. The van der Waals surface area contributed by atoms with Crippen molar-refractivity contribution in [1.29, 1.82) is 0 Å². The predicted molar refractivity (Wildman–Crippen MR) is 73.1 cm³/mol. The third kappa shape index (κ3) is 3.10. The summed E-state index contributed by atoms with van der Waals surface area (Å²) in [6.07, 6.45) is 1.60. The quantitative estimate of drug-likeness (QED) is 0.914. The van der Waals surface area contributed by atoms with Crippen LogP contribution in [0, 0.1) is 0 Å². The molecule has 0 spiro atoms. The van der Waals surface area contributed by atoms with Crippen molar-refractivity contribution in [3.8, 4) is 5.75 Å². The van der Waals surface area contributed by atoms with E-state index in [1.54, 1.807) is 31.5 Å². The minimum atomic E-state index is -0.195. The molecule has 4 heteroatoms. The summed E-state index contributed by atoms with van der Waals surface area (Å²) < 4.78 is 5.29. The van der Waals surface area contributed by atoms with Crippen LogP contribution in [0.15, 0.2) is 48.7 Å². The van der Waals surface area contributed by atoms with Gasteiger partial charge in [-0.05, 0) is 25.1 Å². The summed E-state index contributed by atoms with van der Waals surface area (Å²) in [4.78, 5) is 16.0. The number of hydrogen-bond donors (Lipinski definition) is 1. The van der Waals surface area contributed by atoms with E-state index in [4.69, 9.17) is 4.74 Å². The molecule has 1 heterocycles. The smallest absolute Gasteiger partial charge is 0.270 e. The molecule has 0 radical (unpaired) electrons. The number of carbonyl (C=O) groups excluding carboxylic acids is 1. The number of nitrogens with one attached hydrogen (secondary N) is 1. The van der Waals surface area contributed by atoms with Crippen LogP contribution in [0.3, 0.4) is 0 Å². The van der Waals surface area contributed by atoms with Gasteiger partial charge in [-0.15, -0.1) is 0 Å². The Morgan fingerprint density at radius 3 is 2.63 bits per heavy atom. The highest BCUT2D eigenvalue weighted by atomic mass is 16.5. The van der Waals surface area contributed by atoms with Crippen molar-refractivity contribution < 1.29 is 9.53 Å². The molecular formula is C15H16N2O2. The average molecular weight is 256 g/mol. The molecule has 1 aromatic carbocycles. The monoisotopic (exact) mass is 256 g/mol. The fraction of sp³-hybridized carbons (Fsp3) is 0.200. The van der Waals surface area contributed by atoms with E-state index >= 15 is 0 Å². The third-order valence-electron chi connectivity index (χ3n) is 2.85. The second-order valence-electron chi connectivity index (χ2n) is 4.15. The number of hydrogen-bond acceptors (Lipinski definition) is 3. The van der Waals surface area contributed by atoms with Crippen LogP contribution in [0.1, 0.15) is 29.0 Å². The van der Waals surface area contributed by atoms with E-state index in [2.05, 4.69) is 10.3 Å². The van der Waals surface area contributed by atoms with E-state index in [1.165, 1.54) is 0 Å². The molecule has 0 fully saturated rings. The highest BCUT2D eigenvalue weighted by Crippen LogP contribution is 2.24. The molecule has 1 aromatic heterocycles. The summed E-state index contributed by atoms with van der Waals surface area (Å²) >= 11 is 0. The molecule has 2 aromatic rings. The topological polar surface area (TPSA) is 51.2 Å². The van der Waals surface area contributed by atoms with Crippen molar-refractivity contribution in [2.75, 3.05) is 7.11 Å². The first-order valence-corrected chi connectivity index (χ1v) is 6.07. The Morgan fingerprint density at radius 2 is 1.95 bits per heavy atom. The van der Waals surface area contributed by atoms with Crippen molar-refractivity contribution in [3.63, 3.8) is 0 Å². The van der Waals surface area contributed by atoms with Gasteiger partial charge in [0, 0.05) is 11.8 Å². The van der Waals surface area contributed by atoms with Crippen LogP contribution in [0.5, 0.6) is 5.75 Å². The molecule has 0 saturated carbocycles. The number of nitrogens with zero attached hydrogens (tertiary/aromatic N) is 1. The van der Waals surface area contributed by atoms with Crippen LogP contribution in [0.25, 0.3) is 0 Å². The molecule has 4 nitrogen and oxygen atoms in total. The van der Waals surface area contributed by atoms with E-state index in [1.807, 2.05) is 31.2 Å². The highest BCUT2D eigenvalue weighted by Gasteiger charge is 2.14. The molecule has 1 atom stereocenters. The Balaban J connectivity index is 2.13. The molecule has 0 bridgehead atoms. The van der Waals surface area contributed by atoms with E-state index in [0.29, 0.717) is 5.69 Å². The van der Waals surface area contributed by atoms with Gasteiger partial charge in [0.05, 0.1) is 13.2 Å². The Hall–Kier alpha value is -2.36. The van der Waals surface area contributed by atoms with Gasteiger partial charge in [-0.25, -0.2) is 0 Å². The summed E-state index contributed by atoms with van der Waals surface area (Å²) in [6, 6.07) is 12.7. The highest BCUT2D eigenvalue weighted by molar-refractivity contribution is 5.92. The number of carbonyl (C=O) groups is 1. The first kappa shape index (κ1) is 13.1. The first-order chi connectivity index (χ1) is 9.22. The van der Waals surface area contributed by atoms with Gasteiger partial charge in [0.2, 0.25) is 0 Å². The Bertz CT molecular complexity index is 555. The third-order valence-corrected chi connectivity index (χ3v) is 2.85. The lowest BCUT2D eigenvalue weighted by atomic mass is 10.1. The maximum absolute atomic E-state index is 12.0. The van der Waals surface area contributed by atoms with Gasteiger partial charge in [-0.2, -0.15) is 0 Å². The molecule has 0 aliphatic carbocycles. The molecule has 0 unspecified atom stereocenters. The van der Waals surface area contributed by atoms with Crippen molar-refractivity contribution in [2.45, 2.75) is 13.0 Å². The molecule has 0 aliphatic heterocycles. The second-order valence-corrected chi connectivity index (χ2v) is 4.15. The Labute approximate surface area is 112 Å². The van der Waals surface area contributed by atoms with E-state index in [9.17, 15) is 4.79 Å². The van der Waals surface area contributed by atoms with Crippen LogP contribution in [-0.2, 0) is 0 Å². The van der Waals surface area contributed by atoms with Gasteiger partial charge in [0.15, 0.2) is 0 Å². The standard InChI is InChI=1S/C15H16N2O2/c1-11(12-7-3-4-9-14(12)19-2)17-15(18)13-8-5-6-10-16-13/h3-11H,1-2H3,(H,17,18)/t11-/m0/s1. The summed E-state index contributed by atoms with van der Waals surface area (Å²) in [7, 11) is 1.62. The molecule has 1 amide bonds. The Morgan fingerprint density at radius 1 is 1.21 bits per heavy atom. The lowest BCUT2D eigenvalue weighted by Crippen LogP contribution is -2.27. The van der Waals surface area contributed by atoms with Crippen LogP contribution in [0.2, 0.25) is 0 Å². The lowest BCUT2D eigenvalue weighted by Gasteiger charge is -2.16. The summed E-state index contributed by atoms with van der Waals surface area (Å²) in [6.45, 7) is 1.92. The number of aromatic nitrogens is 1. The average Bonchev–Trinajstić information content (AvgIpc) is 2.48. The summed E-state index contributed by atoms with van der Waals surface area (Å²) in [5.74, 6) is 0.565. The molecule has 0 saturated heterocycles. The maximum atomic E-state index is 12.0. The first-order valence-electron chi connectivity index (χ1n) is 6.07. The van der Waals surface area contributed by atoms with Crippen molar-refractivity contribution in [3.05, 3.63) is 59.9 Å². The van der Waals surface area contributed by atoms with Gasteiger partial charge >= 0.3 is 0 Å². The molecule has 1 N–H and O–H groups in total. The second kappa shape index (κ2) is 6.00. The number of para-hydroxylation sites is 1. The zero-order valence-corrected chi connectivity index (χ0v) is 11.0.